The van der Waals surface area contributed by atoms with Gasteiger partial charge in [0.05, 0.1) is 7.11 Å². The number of carbonyl (C=O) groups is 1. The summed E-state index contributed by atoms with van der Waals surface area (Å²) in [7, 11) is 1.64. The van der Waals surface area contributed by atoms with E-state index in [9.17, 15) is 4.79 Å². The molecule has 2 aliphatic heterocycles. The topological polar surface area (TPSA) is 29.5 Å². The predicted octanol–water partition coefficient (Wildman–Crippen LogP) is 3.38. The first-order chi connectivity index (χ1) is 9.60. The van der Waals surface area contributed by atoms with Crippen LogP contribution in [-0.4, -0.2) is 35.4 Å². The van der Waals surface area contributed by atoms with E-state index < -0.39 is 0 Å². The minimum Gasteiger partial charge on any atom is -0.496 e. The SMILES string of the molecule is COc1cc(C(=O)N2C3CCC2CC(Cl)C3)ccc1C. The van der Waals surface area contributed by atoms with Crippen LogP contribution in [0.3, 0.4) is 0 Å². The summed E-state index contributed by atoms with van der Waals surface area (Å²) in [6, 6.07) is 6.32. The fourth-order valence-electron chi connectivity index (χ4n) is 3.54. The van der Waals surface area contributed by atoms with Gasteiger partial charge in [0.15, 0.2) is 0 Å². The molecule has 2 bridgehead atoms. The third-order valence-corrected chi connectivity index (χ3v) is 4.92. The summed E-state index contributed by atoms with van der Waals surface area (Å²) in [6.07, 6.45) is 4.02. The molecule has 2 fully saturated rings. The monoisotopic (exact) mass is 293 g/mol. The Morgan fingerprint density at radius 1 is 1.30 bits per heavy atom. The zero-order valence-electron chi connectivity index (χ0n) is 11.9. The van der Waals surface area contributed by atoms with E-state index in [1.807, 2.05) is 25.1 Å². The second-order valence-corrected chi connectivity index (χ2v) is 6.47. The van der Waals surface area contributed by atoms with Gasteiger partial charge in [0.2, 0.25) is 0 Å². The van der Waals surface area contributed by atoms with Crippen LogP contribution in [0.4, 0.5) is 0 Å². The fraction of sp³-hybridized carbons (Fsp3) is 0.562. The molecule has 0 saturated carbocycles. The van der Waals surface area contributed by atoms with Gasteiger partial charge in [-0.3, -0.25) is 4.79 Å². The second kappa shape index (κ2) is 5.28. The molecule has 0 aliphatic carbocycles. The third kappa shape index (κ3) is 2.28. The number of benzene rings is 1. The van der Waals surface area contributed by atoms with Gasteiger partial charge < -0.3 is 9.64 Å². The van der Waals surface area contributed by atoms with Crippen molar-refractivity contribution in [3.05, 3.63) is 29.3 Å². The first kappa shape index (κ1) is 13.7. The lowest BCUT2D eigenvalue weighted by molar-refractivity contribution is 0.0599. The van der Waals surface area contributed by atoms with Crippen LogP contribution in [0.2, 0.25) is 0 Å². The maximum atomic E-state index is 12.8. The van der Waals surface area contributed by atoms with Crippen molar-refractivity contribution in [1.82, 2.24) is 4.90 Å². The van der Waals surface area contributed by atoms with E-state index in [1.165, 1.54) is 0 Å². The molecular weight excluding hydrogens is 274 g/mol. The molecule has 2 atom stereocenters. The number of hydrogen-bond donors (Lipinski definition) is 0. The Morgan fingerprint density at radius 2 is 1.95 bits per heavy atom. The Morgan fingerprint density at radius 3 is 2.55 bits per heavy atom. The molecule has 3 nitrogen and oxygen atoms in total. The van der Waals surface area contributed by atoms with Crippen molar-refractivity contribution in [2.75, 3.05) is 7.11 Å². The smallest absolute Gasteiger partial charge is 0.254 e. The average molecular weight is 294 g/mol. The number of aryl methyl sites for hydroxylation is 1. The summed E-state index contributed by atoms with van der Waals surface area (Å²) >= 11 is 6.27. The number of piperidine rings is 1. The highest BCUT2D eigenvalue weighted by atomic mass is 35.5. The zero-order valence-corrected chi connectivity index (χ0v) is 12.7. The minimum atomic E-state index is 0.124. The zero-order chi connectivity index (χ0) is 14.3. The maximum absolute atomic E-state index is 12.8. The molecule has 1 aromatic carbocycles. The van der Waals surface area contributed by atoms with Gasteiger partial charge in [0.1, 0.15) is 5.75 Å². The molecule has 3 rings (SSSR count). The normalized spacial score (nSPS) is 28.6. The number of rotatable bonds is 2. The molecule has 0 N–H and O–H groups in total. The lowest BCUT2D eigenvalue weighted by atomic mass is 10.0. The Balaban J connectivity index is 1.86. The van der Waals surface area contributed by atoms with E-state index in [0.717, 1.165) is 42.6 Å². The van der Waals surface area contributed by atoms with Crippen molar-refractivity contribution in [1.29, 1.82) is 0 Å². The summed E-state index contributed by atoms with van der Waals surface area (Å²) in [5.41, 5.74) is 1.77. The molecule has 20 heavy (non-hydrogen) atoms. The quantitative estimate of drug-likeness (QED) is 0.782. The number of carbonyl (C=O) groups excluding carboxylic acids is 1. The third-order valence-electron chi connectivity index (χ3n) is 4.57. The van der Waals surface area contributed by atoms with Gasteiger partial charge in [-0.25, -0.2) is 0 Å². The van der Waals surface area contributed by atoms with Crippen LogP contribution in [-0.2, 0) is 0 Å². The second-order valence-electron chi connectivity index (χ2n) is 5.85. The van der Waals surface area contributed by atoms with Crippen molar-refractivity contribution in [3.8, 4) is 5.75 Å². The van der Waals surface area contributed by atoms with E-state index in [1.54, 1.807) is 7.11 Å². The average Bonchev–Trinajstić information content (AvgIpc) is 2.70. The Kier molecular flexibility index (Phi) is 3.63. The molecule has 108 valence electrons. The number of nitrogens with zero attached hydrogens (tertiary/aromatic N) is 1. The Bertz CT molecular complexity index is 517. The summed E-state index contributed by atoms with van der Waals surface area (Å²) in [6.45, 7) is 1.98. The molecule has 2 saturated heterocycles. The number of methoxy groups -OCH3 is 1. The number of hydrogen-bond acceptors (Lipinski definition) is 2. The van der Waals surface area contributed by atoms with Crippen molar-refractivity contribution in [2.45, 2.75) is 50.1 Å². The van der Waals surface area contributed by atoms with Crippen LogP contribution < -0.4 is 4.74 Å². The van der Waals surface area contributed by atoms with Gasteiger partial charge in [-0.2, -0.15) is 0 Å². The van der Waals surface area contributed by atoms with Crippen LogP contribution in [0, 0.1) is 6.92 Å². The summed E-state index contributed by atoms with van der Waals surface area (Å²) < 4.78 is 5.32. The highest BCUT2D eigenvalue weighted by molar-refractivity contribution is 6.20. The van der Waals surface area contributed by atoms with Crippen molar-refractivity contribution < 1.29 is 9.53 Å². The van der Waals surface area contributed by atoms with Crippen LogP contribution in [0.25, 0.3) is 0 Å². The van der Waals surface area contributed by atoms with E-state index in [2.05, 4.69) is 4.90 Å². The van der Waals surface area contributed by atoms with Crippen molar-refractivity contribution in [2.24, 2.45) is 0 Å². The summed E-state index contributed by atoms with van der Waals surface area (Å²) in [5.74, 6) is 0.898. The first-order valence-electron chi connectivity index (χ1n) is 7.21. The Labute approximate surface area is 124 Å². The van der Waals surface area contributed by atoms with Crippen LogP contribution in [0.1, 0.15) is 41.6 Å². The van der Waals surface area contributed by atoms with Crippen molar-refractivity contribution >= 4 is 17.5 Å². The van der Waals surface area contributed by atoms with E-state index in [4.69, 9.17) is 16.3 Å². The number of halogens is 1. The van der Waals surface area contributed by atoms with Gasteiger partial charge in [-0.1, -0.05) is 6.07 Å². The standard InChI is InChI=1S/C16H20ClNO2/c1-10-3-4-11(7-15(10)20-2)16(19)18-13-5-6-14(18)9-12(17)8-13/h3-4,7,12-14H,5-6,8-9H2,1-2H3. The van der Waals surface area contributed by atoms with Gasteiger partial charge in [-0.15, -0.1) is 11.6 Å². The molecule has 2 unspecified atom stereocenters. The molecule has 0 aromatic heterocycles. The number of amides is 1. The number of alkyl halides is 1. The van der Waals surface area contributed by atoms with Crippen LogP contribution in [0.5, 0.6) is 5.75 Å². The Hall–Kier alpha value is -1.22. The maximum Gasteiger partial charge on any atom is 0.254 e. The molecule has 1 amide bonds. The molecule has 0 spiro atoms. The van der Waals surface area contributed by atoms with Gasteiger partial charge >= 0.3 is 0 Å². The highest BCUT2D eigenvalue weighted by Crippen LogP contribution is 2.38. The molecule has 1 aromatic rings. The van der Waals surface area contributed by atoms with E-state index in [-0.39, 0.29) is 11.3 Å². The van der Waals surface area contributed by atoms with Crippen molar-refractivity contribution in [3.63, 3.8) is 0 Å². The lowest BCUT2D eigenvalue weighted by Crippen LogP contribution is -2.46. The predicted molar refractivity (Wildman–Crippen MR) is 79.6 cm³/mol. The van der Waals surface area contributed by atoms with Crippen LogP contribution in [0.15, 0.2) is 18.2 Å². The van der Waals surface area contributed by atoms with Gasteiger partial charge in [0.25, 0.3) is 5.91 Å². The molecule has 0 radical (unpaired) electrons. The van der Waals surface area contributed by atoms with E-state index >= 15 is 0 Å². The molecular formula is C16H20ClNO2. The molecule has 2 aliphatic rings. The first-order valence-corrected chi connectivity index (χ1v) is 7.65. The summed E-state index contributed by atoms with van der Waals surface area (Å²) in [5, 5.41) is 0.226. The molecule has 2 heterocycles. The molecule has 4 heteroatoms. The largest absolute Gasteiger partial charge is 0.496 e. The number of ether oxygens (including phenoxy) is 1. The fourth-order valence-corrected chi connectivity index (χ4v) is 3.96. The van der Waals surface area contributed by atoms with Crippen LogP contribution >= 0.6 is 11.6 Å². The minimum absolute atomic E-state index is 0.124. The lowest BCUT2D eigenvalue weighted by Gasteiger charge is -2.37. The van der Waals surface area contributed by atoms with Gasteiger partial charge in [0, 0.05) is 23.0 Å². The van der Waals surface area contributed by atoms with E-state index in [0.29, 0.717) is 12.1 Å². The number of fused-ring (bicyclic) bond motifs is 2. The highest BCUT2D eigenvalue weighted by Gasteiger charge is 2.42. The van der Waals surface area contributed by atoms with Gasteiger partial charge in [-0.05, 0) is 50.3 Å². The summed E-state index contributed by atoms with van der Waals surface area (Å²) in [4.78, 5) is 14.8.